The maximum absolute atomic E-state index is 2.60. The van der Waals surface area contributed by atoms with Gasteiger partial charge in [-0.05, 0) is 122 Å². The van der Waals surface area contributed by atoms with Crippen LogP contribution in [0.15, 0.2) is 0 Å². The van der Waals surface area contributed by atoms with E-state index in [1.165, 1.54) is 77.0 Å². The number of unbranched alkanes of at least 4 members (excludes halogenated alkanes) is 1. The van der Waals surface area contributed by atoms with E-state index in [2.05, 4.69) is 41.5 Å². The maximum Gasteiger partial charge on any atom is -0.0324 e. The third-order valence-corrected chi connectivity index (χ3v) is 14.0. The van der Waals surface area contributed by atoms with Gasteiger partial charge in [0, 0.05) is 0 Å². The maximum atomic E-state index is 2.60. The summed E-state index contributed by atoms with van der Waals surface area (Å²) in [6.45, 7) is 14.7. The molecule has 0 radical (unpaired) electrons. The van der Waals surface area contributed by atoms with Crippen molar-refractivity contribution in [1.29, 1.82) is 0 Å². The van der Waals surface area contributed by atoms with Crippen LogP contribution in [0.5, 0.6) is 0 Å². The summed E-state index contributed by atoms with van der Waals surface area (Å²) in [6.07, 6.45) is 33.5. The molecule has 0 aromatic rings. The lowest BCUT2D eigenvalue weighted by Gasteiger charge is -2.49. The van der Waals surface area contributed by atoms with Crippen molar-refractivity contribution >= 4 is 0 Å². The first-order valence-corrected chi connectivity index (χ1v) is 19.4. The first kappa shape index (κ1) is 32.9. The van der Waals surface area contributed by atoms with Crippen LogP contribution in [0.1, 0.15) is 183 Å². The average Bonchev–Trinajstić information content (AvgIpc) is 3.44. The topological polar surface area (TPSA) is 0 Å². The minimum absolute atomic E-state index is 1.00. The molecule has 0 aliphatic heterocycles. The SMILES string of the molecule is CCC1CCC(CCC2CCC(C)CC2CC)CC1.CCCCC1C(C)CC2CCCC2C1C1CCC(C)CC1. The van der Waals surface area contributed by atoms with Gasteiger partial charge in [-0.15, -0.1) is 0 Å². The van der Waals surface area contributed by atoms with Crippen LogP contribution < -0.4 is 0 Å². The second-order valence-corrected chi connectivity index (χ2v) is 16.7. The number of hydrogen-bond acceptors (Lipinski definition) is 0. The van der Waals surface area contributed by atoms with Crippen LogP contribution in [0.3, 0.4) is 0 Å². The van der Waals surface area contributed by atoms with Crippen LogP contribution in [-0.2, 0) is 0 Å². The molecule has 0 nitrogen and oxygen atoms in total. The van der Waals surface area contributed by atoms with E-state index in [-0.39, 0.29) is 0 Å². The summed E-state index contributed by atoms with van der Waals surface area (Å²) in [6, 6.07) is 0. The molecule has 0 spiro atoms. The third-order valence-electron chi connectivity index (χ3n) is 14.0. The van der Waals surface area contributed by atoms with Gasteiger partial charge in [0.1, 0.15) is 0 Å². The molecule has 0 heteroatoms. The molecule has 0 saturated heterocycles. The molecule has 0 bridgehead atoms. The van der Waals surface area contributed by atoms with Gasteiger partial charge in [0.05, 0.1) is 0 Å². The lowest BCUT2D eigenvalue weighted by molar-refractivity contribution is -0.00156. The Labute approximate surface area is 253 Å². The molecule has 8 unspecified atom stereocenters. The summed E-state index contributed by atoms with van der Waals surface area (Å²) in [7, 11) is 0. The van der Waals surface area contributed by atoms with Crippen LogP contribution in [-0.4, -0.2) is 0 Å². The van der Waals surface area contributed by atoms with Crippen molar-refractivity contribution in [2.75, 3.05) is 0 Å². The Balaban J connectivity index is 0.000000186. The first-order valence-electron chi connectivity index (χ1n) is 19.4. The first-order chi connectivity index (χ1) is 19.4. The molecule has 0 amide bonds. The highest BCUT2D eigenvalue weighted by atomic mass is 14.5. The summed E-state index contributed by atoms with van der Waals surface area (Å²) in [5.41, 5.74) is 0. The molecule has 5 rings (SSSR count). The van der Waals surface area contributed by atoms with Gasteiger partial charge in [0.15, 0.2) is 0 Å². The quantitative estimate of drug-likeness (QED) is 0.266. The van der Waals surface area contributed by atoms with E-state index in [0.717, 1.165) is 71.0 Å². The molecule has 0 aromatic carbocycles. The van der Waals surface area contributed by atoms with Crippen molar-refractivity contribution in [3.8, 4) is 0 Å². The number of fused-ring (bicyclic) bond motifs is 1. The van der Waals surface area contributed by atoms with E-state index in [1.54, 1.807) is 64.2 Å². The molecule has 5 fully saturated rings. The number of rotatable bonds is 9. The Kier molecular flexibility index (Phi) is 13.8. The van der Waals surface area contributed by atoms with Gasteiger partial charge in [0.2, 0.25) is 0 Å². The van der Waals surface area contributed by atoms with Crippen molar-refractivity contribution in [3.63, 3.8) is 0 Å². The molecule has 5 aliphatic carbocycles. The molecular formula is C40H74. The summed E-state index contributed by atoms with van der Waals surface area (Å²) in [4.78, 5) is 0. The number of hydrogen-bond donors (Lipinski definition) is 0. The Morgan fingerprint density at radius 2 is 1.23 bits per heavy atom. The summed E-state index contributed by atoms with van der Waals surface area (Å²) in [5, 5.41) is 0. The zero-order valence-corrected chi connectivity index (χ0v) is 28.5. The lowest BCUT2D eigenvalue weighted by atomic mass is 9.56. The van der Waals surface area contributed by atoms with E-state index >= 15 is 0 Å². The normalized spacial score (nSPS) is 44.0. The van der Waals surface area contributed by atoms with Gasteiger partial charge < -0.3 is 0 Å². The molecule has 5 aliphatic rings. The monoisotopic (exact) mass is 555 g/mol. The van der Waals surface area contributed by atoms with Gasteiger partial charge in [-0.2, -0.15) is 0 Å². The standard InChI is InChI=1S/C21H38.C19H36/c1-4-5-8-19-16(3)14-18-7-6-9-20(18)21(19)17-12-10-15(2)11-13-17;1-4-16-7-9-17(10-8-16)11-13-19-12-6-15(3)14-18(19)5-2/h15-21H,4-14H2,1-3H3;15-19H,4-14H2,1-3H3. The summed E-state index contributed by atoms with van der Waals surface area (Å²) in [5.74, 6) is 12.8. The highest BCUT2D eigenvalue weighted by Gasteiger charge is 2.47. The van der Waals surface area contributed by atoms with E-state index in [0.29, 0.717) is 0 Å². The Morgan fingerprint density at radius 3 is 1.90 bits per heavy atom. The van der Waals surface area contributed by atoms with Gasteiger partial charge in [-0.25, -0.2) is 0 Å². The van der Waals surface area contributed by atoms with Crippen molar-refractivity contribution in [3.05, 3.63) is 0 Å². The zero-order valence-electron chi connectivity index (χ0n) is 28.5. The van der Waals surface area contributed by atoms with E-state index in [1.807, 2.05) is 0 Å². The summed E-state index contributed by atoms with van der Waals surface area (Å²) < 4.78 is 0. The van der Waals surface area contributed by atoms with Crippen molar-refractivity contribution < 1.29 is 0 Å². The van der Waals surface area contributed by atoms with E-state index in [4.69, 9.17) is 0 Å². The smallest absolute Gasteiger partial charge is 0.0324 e. The van der Waals surface area contributed by atoms with E-state index in [9.17, 15) is 0 Å². The van der Waals surface area contributed by atoms with Crippen molar-refractivity contribution in [2.24, 2.45) is 71.0 Å². The van der Waals surface area contributed by atoms with Crippen LogP contribution in [0, 0.1) is 71.0 Å². The fraction of sp³-hybridized carbons (Fsp3) is 1.00. The third kappa shape index (κ3) is 9.01. The molecule has 5 saturated carbocycles. The van der Waals surface area contributed by atoms with Gasteiger partial charge in [-0.3, -0.25) is 0 Å². The minimum Gasteiger partial charge on any atom is -0.0654 e. The van der Waals surface area contributed by atoms with Crippen LogP contribution >= 0.6 is 0 Å². The second-order valence-electron chi connectivity index (χ2n) is 16.7. The van der Waals surface area contributed by atoms with E-state index < -0.39 is 0 Å². The van der Waals surface area contributed by atoms with Crippen molar-refractivity contribution in [1.82, 2.24) is 0 Å². The largest absolute Gasteiger partial charge is 0.0654 e. The highest BCUT2D eigenvalue weighted by Crippen LogP contribution is 2.56. The molecule has 0 heterocycles. The molecule has 0 N–H and O–H groups in total. The second kappa shape index (κ2) is 16.7. The van der Waals surface area contributed by atoms with Gasteiger partial charge >= 0.3 is 0 Å². The molecule has 0 aromatic heterocycles. The molecular weight excluding hydrogens is 480 g/mol. The van der Waals surface area contributed by atoms with Crippen LogP contribution in [0.4, 0.5) is 0 Å². The fourth-order valence-corrected chi connectivity index (χ4v) is 11.3. The minimum atomic E-state index is 1.00. The van der Waals surface area contributed by atoms with Crippen LogP contribution in [0.25, 0.3) is 0 Å². The predicted molar refractivity (Wildman–Crippen MR) is 177 cm³/mol. The lowest BCUT2D eigenvalue weighted by Crippen LogP contribution is -2.42. The Morgan fingerprint density at radius 1 is 0.525 bits per heavy atom. The average molecular weight is 555 g/mol. The highest BCUT2D eigenvalue weighted by molar-refractivity contribution is 4.97. The summed E-state index contributed by atoms with van der Waals surface area (Å²) >= 11 is 0. The fourth-order valence-electron chi connectivity index (χ4n) is 11.3. The predicted octanol–water partition coefficient (Wildman–Crippen LogP) is 13.1. The zero-order chi connectivity index (χ0) is 28.5. The Bertz CT molecular complexity index is 664. The molecule has 234 valence electrons. The van der Waals surface area contributed by atoms with Gasteiger partial charge in [0.25, 0.3) is 0 Å². The van der Waals surface area contributed by atoms with Crippen LogP contribution in [0.2, 0.25) is 0 Å². The Hall–Kier alpha value is 0. The molecule has 40 heavy (non-hydrogen) atoms. The molecule has 8 atom stereocenters. The van der Waals surface area contributed by atoms with Gasteiger partial charge in [-0.1, -0.05) is 131 Å². The van der Waals surface area contributed by atoms with Crippen molar-refractivity contribution in [2.45, 2.75) is 183 Å².